The number of carbonyl (C=O) groups excluding carboxylic acids is 1. The molecule has 0 radical (unpaired) electrons. The first-order valence-electron chi connectivity index (χ1n) is 10.8. The van der Waals surface area contributed by atoms with Crippen LogP contribution in [-0.2, 0) is 11.3 Å². The average molecular weight is 428 g/mol. The maximum atomic E-state index is 13.1. The fourth-order valence-corrected chi connectivity index (χ4v) is 4.22. The average Bonchev–Trinajstić information content (AvgIpc) is 2.80. The zero-order valence-electron chi connectivity index (χ0n) is 18.0. The zero-order chi connectivity index (χ0) is 21.6. The van der Waals surface area contributed by atoms with Crippen molar-refractivity contribution in [2.45, 2.75) is 12.6 Å². The van der Waals surface area contributed by atoms with Crippen molar-refractivity contribution >= 4 is 5.91 Å². The quantitative estimate of drug-likeness (QED) is 0.709. The minimum Gasteiger partial charge on any atom is -0.497 e. The second kappa shape index (κ2) is 10.2. The van der Waals surface area contributed by atoms with Crippen LogP contribution in [0.1, 0.15) is 15.9 Å². The van der Waals surface area contributed by atoms with Crippen molar-refractivity contribution in [3.63, 3.8) is 0 Å². The fraction of sp³-hybridized carbons (Fsp3) is 0.458. The lowest BCUT2D eigenvalue weighted by Gasteiger charge is -2.39. The van der Waals surface area contributed by atoms with Crippen LogP contribution in [0.3, 0.4) is 0 Å². The van der Waals surface area contributed by atoms with Crippen LogP contribution < -0.4 is 4.74 Å². The highest BCUT2D eigenvalue weighted by Gasteiger charge is 2.27. The molecule has 7 heteroatoms. The smallest absolute Gasteiger partial charge is 0.253 e. The lowest BCUT2D eigenvalue weighted by molar-refractivity contribution is -0.0497. The van der Waals surface area contributed by atoms with E-state index in [9.17, 15) is 9.18 Å². The minimum absolute atomic E-state index is 0.0285. The van der Waals surface area contributed by atoms with Crippen molar-refractivity contribution in [3.8, 4) is 5.75 Å². The third-order valence-corrected chi connectivity index (χ3v) is 6.00. The van der Waals surface area contributed by atoms with Gasteiger partial charge in [-0.1, -0.05) is 12.1 Å². The fourth-order valence-electron chi connectivity index (χ4n) is 4.22. The highest BCUT2D eigenvalue weighted by atomic mass is 19.1. The Morgan fingerprint density at radius 1 is 1.00 bits per heavy atom. The van der Waals surface area contributed by atoms with Crippen molar-refractivity contribution in [2.24, 2.45) is 0 Å². The van der Waals surface area contributed by atoms with E-state index in [-0.39, 0.29) is 17.8 Å². The van der Waals surface area contributed by atoms with Gasteiger partial charge in [0.1, 0.15) is 11.6 Å². The summed E-state index contributed by atoms with van der Waals surface area (Å²) in [6, 6.07) is 14.0. The summed E-state index contributed by atoms with van der Waals surface area (Å²) < 4.78 is 24.3. The van der Waals surface area contributed by atoms with E-state index in [0.29, 0.717) is 18.7 Å². The molecule has 0 aliphatic carbocycles. The van der Waals surface area contributed by atoms with Gasteiger partial charge in [-0.15, -0.1) is 0 Å². The number of hydrogen-bond acceptors (Lipinski definition) is 5. The number of amides is 1. The molecule has 2 aliphatic rings. The van der Waals surface area contributed by atoms with E-state index in [0.717, 1.165) is 51.6 Å². The van der Waals surface area contributed by atoms with Crippen LogP contribution in [-0.4, -0.2) is 86.2 Å². The molecule has 2 heterocycles. The molecule has 1 amide bonds. The molecule has 1 atom stereocenters. The van der Waals surface area contributed by atoms with Crippen LogP contribution in [0.2, 0.25) is 0 Å². The normalized spacial score (nSPS) is 20.6. The predicted octanol–water partition coefficient (Wildman–Crippen LogP) is 2.49. The van der Waals surface area contributed by atoms with Gasteiger partial charge in [0.25, 0.3) is 5.91 Å². The Kier molecular flexibility index (Phi) is 7.17. The molecule has 2 aromatic carbocycles. The van der Waals surface area contributed by atoms with Gasteiger partial charge in [-0.05, 0) is 42.0 Å². The first-order valence-corrected chi connectivity index (χ1v) is 10.8. The van der Waals surface area contributed by atoms with Gasteiger partial charge in [0.2, 0.25) is 0 Å². The van der Waals surface area contributed by atoms with Crippen LogP contribution in [0.25, 0.3) is 0 Å². The maximum Gasteiger partial charge on any atom is 0.253 e. The summed E-state index contributed by atoms with van der Waals surface area (Å²) in [7, 11) is 1.68. The van der Waals surface area contributed by atoms with Crippen molar-refractivity contribution in [1.29, 1.82) is 0 Å². The largest absolute Gasteiger partial charge is 0.497 e. The SMILES string of the molecule is COc1ccc(CN2CCOC(CN3CCN(C(=O)c4ccc(F)cc4)CC3)C2)cc1. The number of benzene rings is 2. The highest BCUT2D eigenvalue weighted by Crippen LogP contribution is 2.16. The van der Waals surface area contributed by atoms with Crippen LogP contribution in [0, 0.1) is 5.82 Å². The topological polar surface area (TPSA) is 45.3 Å². The summed E-state index contributed by atoms with van der Waals surface area (Å²) >= 11 is 0. The Bertz CT molecular complexity index is 851. The van der Waals surface area contributed by atoms with Crippen LogP contribution in [0.5, 0.6) is 5.75 Å². The third kappa shape index (κ3) is 5.81. The molecule has 0 bridgehead atoms. The lowest BCUT2D eigenvalue weighted by atomic mass is 10.1. The number of halogens is 1. The molecule has 0 spiro atoms. The molecule has 31 heavy (non-hydrogen) atoms. The Morgan fingerprint density at radius 2 is 1.71 bits per heavy atom. The molecule has 2 aliphatic heterocycles. The number of piperazine rings is 1. The Labute approximate surface area is 183 Å². The van der Waals surface area contributed by atoms with Gasteiger partial charge in [0.15, 0.2) is 0 Å². The van der Waals surface area contributed by atoms with Crippen LogP contribution >= 0.6 is 0 Å². The minimum atomic E-state index is -0.324. The summed E-state index contributed by atoms with van der Waals surface area (Å²) in [4.78, 5) is 19.3. The molecular formula is C24H30FN3O3. The van der Waals surface area contributed by atoms with Crippen molar-refractivity contribution in [1.82, 2.24) is 14.7 Å². The molecule has 4 rings (SSSR count). The number of rotatable bonds is 6. The molecule has 166 valence electrons. The van der Waals surface area contributed by atoms with Gasteiger partial charge in [-0.25, -0.2) is 4.39 Å². The van der Waals surface area contributed by atoms with Crippen molar-refractivity contribution in [2.75, 3.05) is 59.5 Å². The summed E-state index contributed by atoms with van der Waals surface area (Å²) in [5, 5.41) is 0. The van der Waals surface area contributed by atoms with Gasteiger partial charge in [0.05, 0.1) is 19.8 Å². The number of ether oxygens (including phenoxy) is 2. The number of hydrogen-bond donors (Lipinski definition) is 0. The van der Waals surface area contributed by atoms with E-state index >= 15 is 0 Å². The predicted molar refractivity (Wildman–Crippen MR) is 117 cm³/mol. The molecule has 2 aromatic rings. The number of morpholine rings is 1. The van der Waals surface area contributed by atoms with Crippen LogP contribution in [0.4, 0.5) is 4.39 Å². The zero-order valence-corrected chi connectivity index (χ0v) is 18.0. The monoisotopic (exact) mass is 427 g/mol. The first kappa shape index (κ1) is 21.7. The Morgan fingerprint density at radius 3 is 2.39 bits per heavy atom. The lowest BCUT2D eigenvalue weighted by Crippen LogP contribution is -2.53. The maximum absolute atomic E-state index is 13.1. The standard InChI is InChI=1S/C24H30FN3O3/c1-30-22-8-2-19(3-9-22)16-27-14-15-31-23(18-27)17-26-10-12-28(13-11-26)24(29)20-4-6-21(25)7-5-20/h2-9,23H,10-18H2,1H3. The van der Waals surface area contributed by atoms with E-state index < -0.39 is 0 Å². The summed E-state index contributed by atoms with van der Waals surface area (Å²) in [5.41, 5.74) is 1.81. The number of carbonyl (C=O) groups is 1. The van der Waals surface area contributed by atoms with Gasteiger partial charge < -0.3 is 14.4 Å². The van der Waals surface area contributed by atoms with Crippen molar-refractivity contribution in [3.05, 3.63) is 65.5 Å². The molecule has 0 N–H and O–H groups in total. The second-order valence-corrected chi connectivity index (χ2v) is 8.18. The molecule has 0 saturated carbocycles. The van der Waals surface area contributed by atoms with E-state index in [2.05, 4.69) is 21.9 Å². The van der Waals surface area contributed by atoms with Gasteiger partial charge in [0, 0.05) is 57.9 Å². The van der Waals surface area contributed by atoms with E-state index in [1.165, 1.54) is 17.7 Å². The molecule has 6 nitrogen and oxygen atoms in total. The number of methoxy groups -OCH3 is 1. The molecule has 0 aromatic heterocycles. The second-order valence-electron chi connectivity index (χ2n) is 8.18. The van der Waals surface area contributed by atoms with E-state index in [1.54, 1.807) is 19.2 Å². The summed E-state index contributed by atoms with van der Waals surface area (Å²) in [5.74, 6) is 0.523. The van der Waals surface area contributed by atoms with Gasteiger partial charge in [-0.3, -0.25) is 14.6 Å². The number of nitrogens with zero attached hydrogens (tertiary/aromatic N) is 3. The van der Waals surface area contributed by atoms with E-state index in [1.807, 2.05) is 17.0 Å². The van der Waals surface area contributed by atoms with E-state index in [4.69, 9.17) is 9.47 Å². The Balaban J connectivity index is 1.23. The molecule has 2 fully saturated rings. The summed E-state index contributed by atoms with van der Waals surface area (Å²) in [6.45, 7) is 7.36. The van der Waals surface area contributed by atoms with Crippen LogP contribution in [0.15, 0.2) is 48.5 Å². The molecule has 2 saturated heterocycles. The van der Waals surface area contributed by atoms with Gasteiger partial charge in [-0.2, -0.15) is 0 Å². The molecular weight excluding hydrogens is 397 g/mol. The molecule has 1 unspecified atom stereocenters. The summed E-state index contributed by atoms with van der Waals surface area (Å²) in [6.07, 6.45) is 0.173. The highest BCUT2D eigenvalue weighted by molar-refractivity contribution is 5.94. The van der Waals surface area contributed by atoms with Gasteiger partial charge >= 0.3 is 0 Å². The Hall–Kier alpha value is -2.48. The first-order chi connectivity index (χ1) is 15.1. The van der Waals surface area contributed by atoms with Crippen molar-refractivity contribution < 1.29 is 18.7 Å². The third-order valence-electron chi connectivity index (χ3n) is 6.00.